The van der Waals surface area contributed by atoms with E-state index < -0.39 is 6.10 Å². The fourth-order valence-electron chi connectivity index (χ4n) is 1.91. The summed E-state index contributed by atoms with van der Waals surface area (Å²) >= 11 is 0. The molecule has 0 aromatic heterocycles. The number of aliphatic hydroxyl groups excluding tert-OH is 1. The average molecular weight is 193 g/mol. The molecule has 0 amide bonds. The van der Waals surface area contributed by atoms with Gasteiger partial charge >= 0.3 is 0 Å². The van der Waals surface area contributed by atoms with E-state index in [-0.39, 0.29) is 11.8 Å². The first kappa shape index (κ1) is 9.49. The second-order valence-corrected chi connectivity index (χ2v) is 3.82. The van der Waals surface area contributed by atoms with Gasteiger partial charge in [0.25, 0.3) is 0 Å². The minimum absolute atomic E-state index is 0.0702. The van der Waals surface area contributed by atoms with E-state index in [4.69, 9.17) is 0 Å². The van der Waals surface area contributed by atoms with Gasteiger partial charge in [-0.1, -0.05) is 6.07 Å². The van der Waals surface area contributed by atoms with Gasteiger partial charge in [0.1, 0.15) is 5.75 Å². The molecular formula is C11H15NO2. The van der Waals surface area contributed by atoms with E-state index in [9.17, 15) is 10.2 Å². The number of phenolic OH excluding ortho intramolecular Hbond substituents is 1. The highest BCUT2D eigenvalue weighted by Crippen LogP contribution is 2.26. The lowest BCUT2D eigenvalue weighted by atomic mass is 9.98. The molecule has 1 heterocycles. The van der Waals surface area contributed by atoms with Crippen LogP contribution in [0.2, 0.25) is 0 Å². The van der Waals surface area contributed by atoms with Gasteiger partial charge in [-0.3, -0.25) is 0 Å². The molecule has 1 aliphatic rings. The third-order valence-corrected chi connectivity index (χ3v) is 2.78. The largest absolute Gasteiger partial charge is 0.508 e. The number of fused-ring (bicyclic) bond motifs is 1. The van der Waals surface area contributed by atoms with Gasteiger partial charge in [-0.25, -0.2) is 0 Å². The Kier molecular flexibility index (Phi) is 2.44. The second-order valence-electron chi connectivity index (χ2n) is 3.82. The standard InChI is InChI=1S/C11H15NO2/c1-7-11(14)10-3-2-9(13)6-8(10)4-5-12-7/h2-3,6-7,11-14H,4-5H2,1H3/t7-,11-/m0/s1. The predicted octanol–water partition coefficient (Wildman–Crippen LogP) is 0.960. The maximum Gasteiger partial charge on any atom is 0.115 e. The van der Waals surface area contributed by atoms with Crippen molar-refractivity contribution in [2.75, 3.05) is 6.54 Å². The Balaban J connectivity index is 2.43. The molecule has 1 aliphatic heterocycles. The maximum atomic E-state index is 9.96. The minimum atomic E-state index is -0.479. The Morgan fingerprint density at radius 3 is 3.00 bits per heavy atom. The topological polar surface area (TPSA) is 52.5 Å². The summed E-state index contributed by atoms with van der Waals surface area (Å²) in [6.07, 6.45) is 0.374. The lowest BCUT2D eigenvalue weighted by Crippen LogP contribution is -2.30. The van der Waals surface area contributed by atoms with Crippen LogP contribution in [0.1, 0.15) is 24.2 Å². The number of hydrogen-bond acceptors (Lipinski definition) is 3. The predicted molar refractivity (Wildman–Crippen MR) is 54.2 cm³/mol. The molecule has 3 N–H and O–H groups in total. The summed E-state index contributed by atoms with van der Waals surface area (Å²) in [6.45, 7) is 2.81. The lowest BCUT2D eigenvalue weighted by Gasteiger charge is -2.18. The fourth-order valence-corrected chi connectivity index (χ4v) is 1.91. The first-order valence-electron chi connectivity index (χ1n) is 4.91. The average Bonchev–Trinajstić information content (AvgIpc) is 2.28. The van der Waals surface area contributed by atoms with E-state index in [0.29, 0.717) is 0 Å². The van der Waals surface area contributed by atoms with Gasteiger partial charge in [-0.05, 0) is 43.1 Å². The zero-order valence-corrected chi connectivity index (χ0v) is 8.20. The van der Waals surface area contributed by atoms with E-state index in [0.717, 1.165) is 24.1 Å². The number of rotatable bonds is 0. The monoisotopic (exact) mass is 193 g/mol. The van der Waals surface area contributed by atoms with Crippen LogP contribution in [0.15, 0.2) is 18.2 Å². The van der Waals surface area contributed by atoms with Crippen LogP contribution in [0.25, 0.3) is 0 Å². The van der Waals surface area contributed by atoms with Gasteiger partial charge in [-0.2, -0.15) is 0 Å². The van der Waals surface area contributed by atoms with E-state index >= 15 is 0 Å². The van der Waals surface area contributed by atoms with E-state index in [1.807, 2.05) is 6.92 Å². The summed E-state index contributed by atoms with van der Waals surface area (Å²) in [4.78, 5) is 0. The highest BCUT2D eigenvalue weighted by molar-refractivity contribution is 5.37. The number of nitrogens with one attached hydrogen (secondary N) is 1. The molecule has 1 aromatic carbocycles. The number of benzene rings is 1. The number of aromatic hydroxyl groups is 1. The van der Waals surface area contributed by atoms with Crippen LogP contribution in [0.5, 0.6) is 5.75 Å². The van der Waals surface area contributed by atoms with Crippen molar-refractivity contribution < 1.29 is 10.2 Å². The van der Waals surface area contributed by atoms with Crippen molar-refractivity contribution in [3.63, 3.8) is 0 Å². The summed E-state index contributed by atoms with van der Waals surface area (Å²) < 4.78 is 0. The number of hydrogen-bond donors (Lipinski definition) is 3. The van der Waals surface area contributed by atoms with E-state index in [1.165, 1.54) is 0 Å². The Hall–Kier alpha value is -1.06. The highest BCUT2D eigenvalue weighted by atomic mass is 16.3. The molecule has 2 rings (SSSR count). The minimum Gasteiger partial charge on any atom is -0.508 e. The van der Waals surface area contributed by atoms with Crippen molar-refractivity contribution in [1.29, 1.82) is 0 Å². The molecule has 76 valence electrons. The molecule has 14 heavy (non-hydrogen) atoms. The Morgan fingerprint density at radius 1 is 1.43 bits per heavy atom. The second kappa shape index (κ2) is 3.59. The lowest BCUT2D eigenvalue weighted by molar-refractivity contribution is 0.140. The van der Waals surface area contributed by atoms with Gasteiger partial charge < -0.3 is 15.5 Å². The number of phenols is 1. The van der Waals surface area contributed by atoms with Gasteiger partial charge in [0, 0.05) is 6.04 Å². The number of aliphatic hydroxyl groups is 1. The van der Waals surface area contributed by atoms with Crippen molar-refractivity contribution in [1.82, 2.24) is 5.32 Å². The van der Waals surface area contributed by atoms with Crippen molar-refractivity contribution in [3.05, 3.63) is 29.3 Å². The zero-order valence-electron chi connectivity index (χ0n) is 8.20. The fraction of sp³-hybridized carbons (Fsp3) is 0.455. The van der Waals surface area contributed by atoms with Crippen LogP contribution in [-0.4, -0.2) is 22.8 Å². The van der Waals surface area contributed by atoms with Crippen molar-refractivity contribution in [2.45, 2.75) is 25.5 Å². The van der Waals surface area contributed by atoms with Crippen LogP contribution in [0.3, 0.4) is 0 Å². The quantitative estimate of drug-likeness (QED) is 0.575. The summed E-state index contributed by atoms with van der Waals surface area (Å²) in [6, 6.07) is 5.23. The van der Waals surface area contributed by atoms with Crippen LogP contribution in [-0.2, 0) is 6.42 Å². The van der Waals surface area contributed by atoms with Gasteiger partial charge in [0.2, 0.25) is 0 Å². The third kappa shape index (κ3) is 1.61. The molecule has 0 spiro atoms. The van der Waals surface area contributed by atoms with Crippen LogP contribution < -0.4 is 5.32 Å². The molecule has 2 atom stereocenters. The first-order valence-corrected chi connectivity index (χ1v) is 4.91. The summed E-state index contributed by atoms with van der Waals surface area (Å²) in [7, 11) is 0. The summed E-state index contributed by atoms with van der Waals surface area (Å²) in [5.74, 6) is 0.269. The molecular weight excluding hydrogens is 178 g/mol. The van der Waals surface area contributed by atoms with Gasteiger partial charge in [-0.15, -0.1) is 0 Å². The van der Waals surface area contributed by atoms with Crippen LogP contribution in [0.4, 0.5) is 0 Å². The molecule has 0 saturated heterocycles. The normalized spacial score (nSPS) is 26.7. The van der Waals surface area contributed by atoms with Crippen molar-refractivity contribution >= 4 is 0 Å². The van der Waals surface area contributed by atoms with Crippen molar-refractivity contribution in [3.8, 4) is 5.75 Å². The molecule has 0 unspecified atom stereocenters. The molecule has 0 aliphatic carbocycles. The molecule has 0 fully saturated rings. The summed E-state index contributed by atoms with van der Waals surface area (Å²) in [5.41, 5.74) is 1.97. The van der Waals surface area contributed by atoms with E-state index in [2.05, 4.69) is 5.32 Å². The Morgan fingerprint density at radius 2 is 2.21 bits per heavy atom. The SMILES string of the molecule is C[C@@H]1NCCc2cc(O)ccc2[C@H]1O. The summed E-state index contributed by atoms with van der Waals surface area (Å²) in [5, 5.41) is 22.5. The highest BCUT2D eigenvalue weighted by Gasteiger charge is 2.22. The molecule has 0 radical (unpaired) electrons. The smallest absolute Gasteiger partial charge is 0.115 e. The molecule has 3 heteroatoms. The van der Waals surface area contributed by atoms with Crippen LogP contribution in [0, 0.1) is 0 Å². The molecule has 0 bridgehead atoms. The van der Waals surface area contributed by atoms with Crippen molar-refractivity contribution in [2.24, 2.45) is 0 Å². The zero-order chi connectivity index (χ0) is 10.1. The van der Waals surface area contributed by atoms with Crippen LogP contribution >= 0.6 is 0 Å². The molecule has 3 nitrogen and oxygen atoms in total. The van der Waals surface area contributed by atoms with E-state index in [1.54, 1.807) is 18.2 Å². The molecule has 1 aromatic rings. The Bertz CT molecular complexity index is 338. The van der Waals surface area contributed by atoms with Gasteiger partial charge in [0.05, 0.1) is 6.10 Å². The molecule has 0 saturated carbocycles. The Labute approximate surface area is 83.4 Å². The van der Waals surface area contributed by atoms with Gasteiger partial charge in [0.15, 0.2) is 0 Å². The first-order chi connectivity index (χ1) is 6.68. The maximum absolute atomic E-state index is 9.96. The third-order valence-electron chi connectivity index (χ3n) is 2.78.